The molecule has 6 rings (SSSR count). The Kier molecular flexibility index (Phi) is 8.16. The molecule has 0 bridgehead atoms. The number of halogens is 2. The second-order valence-corrected chi connectivity index (χ2v) is 14.5. The van der Waals surface area contributed by atoms with Crippen LogP contribution in [0.4, 0.5) is 4.39 Å². The van der Waals surface area contributed by atoms with E-state index in [1.54, 1.807) is 37.5 Å². The molecule has 3 aliphatic rings. The fourth-order valence-electron chi connectivity index (χ4n) is 8.52. The van der Waals surface area contributed by atoms with E-state index in [2.05, 4.69) is 41.7 Å². The summed E-state index contributed by atoms with van der Waals surface area (Å²) in [6.07, 6.45) is 2.65. The number of rotatable bonds is 5. The van der Waals surface area contributed by atoms with Gasteiger partial charge in [-0.05, 0) is 89.7 Å². The van der Waals surface area contributed by atoms with Crippen LogP contribution in [0.15, 0.2) is 62.5 Å². The highest BCUT2D eigenvalue weighted by Crippen LogP contribution is 2.68. The zero-order valence-electron chi connectivity index (χ0n) is 26.3. The van der Waals surface area contributed by atoms with Gasteiger partial charge in [0.1, 0.15) is 34.6 Å². The summed E-state index contributed by atoms with van der Waals surface area (Å²) >= 11 is 3.12. The van der Waals surface area contributed by atoms with Gasteiger partial charge in [-0.25, -0.2) is 14.0 Å². The zero-order chi connectivity index (χ0) is 33.2. The van der Waals surface area contributed by atoms with Crippen LogP contribution >= 0.6 is 15.9 Å². The summed E-state index contributed by atoms with van der Waals surface area (Å²) < 4.78 is 39.0. The predicted octanol–water partition coefficient (Wildman–Crippen LogP) is 6.66. The van der Waals surface area contributed by atoms with Gasteiger partial charge in [-0.3, -0.25) is 9.78 Å². The molecule has 3 aromatic rings. The number of ether oxygens (including phenoxy) is 3. The van der Waals surface area contributed by atoms with Crippen LogP contribution in [0, 0.1) is 34.4 Å². The summed E-state index contributed by atoms with van der Waals surface area (Å²) in [7, 11) is 0. The molecule has 1 N–H and O–H groups in total. The van der Waals surface area contributed by atoms with Crippen molar-refractivity contribution in [2.24, 2.45) is 28.6 Å². The number of pyridine rings is 1. The van der Waals surface area contributed by atoms with Crippen molar-refractivity contribution in [3.05, 3.63) is 80.6 Å². The van der Waals surface area contributed by atoms with E-state index in [1.807, 2.05) is 0 Å². The summed E-state index contributed by atoms with van der Waals surface area (Å²) in [5.41, 5.74) is -2.70. The molecule has 0 radical (unpaired) electrons. The number of nitrogens with zero attached hydrogens (tertiary/aromatic N) is 1. The Balaban J connectivity index is 1.49. The van der Waals surface area contributed by atoms with Crippen LogP contribution < -0.4 is 10.4 Å². The van der Waals surface area contributed by atoms with Crippen LogP contribution in [0.1, 0.15) is 75.9 Å². The Labute approximate surface area is 274 Å². The van der Waals surface area contributed by atoms with Gasteiger partial charge in [-0.2, -0.15) is 0 Å². The van der Waals surface area contributed by atoms with Crippen molar-refractivity contribution in [2.75, 3.05) is 6.61 Å². The van der Waals surface area contributed by atoms with E-state index in [-0.39, 0.29) is 45.6 Å². The van der Waals surface area contributed by atoms with Crippen LogP contribution in [0.3, 0.4) is 0 Å². The minimum Gasteiger partial charge on any atom is -0.482 e. The fraction of sp³-hybridized carbons (Fsp3) is 0.486. The number of aliphatic hydroxyl groups is 1. The number of esters is 2. The highest BCUT2D eigenvalue weighted by Gasteiger charge is 2.70. The third kappa shape index (κ3) is 5.15. The molecule has 0 saturated heterocycles. The summed E-state index contributed by atoms with van der Waals surface area (Å²) in [5.74, 6) is -2.28. The summed E-state index contributed by atoms with van der Waals surface area (Å²) in [6.45, 7) is 9.54. The molecule has 1 aliphatic heterocycles. The number of hydrogen-bond donors (Lipinski definition) is 1. The molecule has 0 amide bonds. The predicted molar refractivity (Wildman–Crippen MR) is 168 cm³/mol. The van der Waals surface area contributed by atoms with Gasteiger partial charge in [0.05, 0.1) is 22.7 Å². The SMILES string of the molecule is CC(=O)OCC1(C)C2C[C@H](OC(=O)c3ccc(Br)c(F)c3)[C@@]3(C)Oc4cc(-c5cccnc5)oc(=O)c4[C@H](O)C3[C@@]2(C)CC[C@@H]1C. The van der Waals surface area contributed by atoms with E-state index >= 15 is 0 Å². The van der Waals surface area contributed by atoms with Crippen molar-refractivity contribution in [2.45, 2.75) is 71.7 Å². The topological polar surface area (TPSA) is 125 Å². The lowest BCUT2D eigenvalue weighted by Gasteiger charge is -2.66. The number of hydrogen-bond acceptors (Lipinski definition) is 9. The van der Waals surface area contributed by atoms with Gasteiger partial charge in [0.25, 0.3) is 0 Å². The second-order valence-electron chi connectivity index (χ2n) is 13.7. The Bertz CT molecular complexity index is 1750. The van der Waals surface area contributed by atoms with Gasteiger partial charge < -0.3 is 23.7 Å². The van der Waals surface area contributed by atoms with Crippen molar-refractivity contribution in [3.63, 3.8) is 0 Å². The molecule has 46 heavy (non-hydrogen) atoms. The van der Waals surface area contributed by atoms with Gasteiger partial charge in [0, 0.05) is 42.3 Å². The number of aliphatic hydroxyl groups excluding tert-OH is 1. The van der Waals surface area contributed by atoms with Gasteiger partial charge >= 0.3 is 17.6 Å². The summed E-state index contributed by atoms with van der Waals surface area (Å²) in [5, 5.41) is 12.2. The lowest BCUT2D eigenvalue weighted by atomic mass is 9.41. The molecular formula is C35H37BrFNO8. The van der Waals surface area contributed by atoms with Crippen LogP contribution in [-0.2, 0) is 14.3 Å². The smallest absolute Gasteiger partial charge is 0.345 e. The van der Waals surface area contributed by atoms with Crippen molar-refractivity contribution < 1.29 is 37.7 Å². The average molecular weight is 699 g/mol. The molecule has 8 atom stereocenters. The first-order valence-electron chi connectivity index (χ1n) is 15.4. The third-order valence-corrected chi connectivity index (χ3v) is 11.7. The molecule has 1 aromatic carbocycles. The number of benzene rings is 1. The third-order valence-electron chi connectivity index (χ3n) is 11.1. The average Bonchev–Trinajstić information content (AvgIpc) is 3.00. The number of carbonyl (C=O) groups is 2. The normalized spacial score (nSPS) is 33.1. The first-order valence-corrected chi connectivity index (χ1v) is 16.2. The van der Waals surface area contributed by atoms with E-state index in [0.29, 0.717) is 18.4 Å². The van der Waals surface area contributed by atoms with E-state index in [1.165, 1.54) is 19.1 Å². The van der Waals surface area contributed by atoms with Crippen LogP contribution in [0.2, 0.25) is 0 Å². The molecule has 2 aliphatic carbocycles. The van der Waals surface area contributed by atoms with Crippen molar-refractivity contribution >= 4 is 27.9 Å². The fourth-order valence-corrected chi connectivity index (χ4v) is 8.76. The Hall–Kier alpha value is -3.57. The molecule has 2 aromatic heterocycles. The maximum absolute atomic E-state index is 14.5. The minimum absolute atomic E-state index is 0.00245. The number of carbonyl (C=O) groups excluding carboxylic acids is 2. The first kappa shape index (κ1) is 32.4. The van der Waals surface area contributed by atoms with Crippen molar-refractivity contribution in [1.29, 1.82) is 0 Å². The zero-order valence-corrected chi connectivity index (χ0v) is 27.9. The molecule has 9 nitrogen and oxygen atoms in total. The second kappa shape index (κ2) is 11.6. The standard InChI is InChI=1S/C35H37BrFNO8/c1-18-10-11-33(3)26(34(18,4)17-43-19(2)39)15-27(45-31(41)20-8-9-22(36)23(37)13-20)35(5)30(33)29(40)28-25(46-35)14-24(44-32(28)42)21-7-6-12-38-16-21/h6-9,12-14,16,18,26-27,29-30,40H,10-11,15,17H2,1-5H3/t18-,26?,27-,29-,30?,33-,34?,35+/m0/s1. The summed E-state index contributed by atoms with van der Waals surface area (Å²) in [6, 6.07) is 9.01. The monoisotopic (exact) mass is 697 g/mol. The lowest BCUT2D eigenvalue weighted by molar-refractivity contribution is -0.257. The van der Waals surface area contributed by atoms with Gasteiger partial charge in [-0.15, -0.1) is 0 Å². The maximum Gasteiger partial charge on any atom is 0.345 e. The molecule has 244 valence electrons. The molecule has 2 saturated carbocycles. The Morgan fingerprint density at radius 2 is 1.96 bits per heavy atom. The van der Waals surface area contributed by atoms with E-state index < -0.39 is 57.9 Å². The van der Waals surface area contributed by atoms with Crippen LogP contribution in [0.5, 0.6) is 5.75 Å². The molecule has 2 fully saturated rings. The van der Waals surface area contributed by atoms with Crippen molar-refractivity contribution in [1.82, 2.24) is 4.98 Å². The summed E-state index contributed by atoms with van der Waals surface area (Å²) in [4.78, 5) is 43.3. The highest BCUT2D eigenvalue weighted by atomic mass is 79.9. The Morgan fingerprint density at radius 3 is 2.63 bits per heavy atom. The van der Waals surface area contributed by atoms with Gasteiger partial charge in [0.15, 0.2) is 0 Å². The molecule has 11 heteroatoms. The van der Waals surface area contributed by atoms with Crippen LogP contribution in [0.25, 0.3) is 11.3 Å². The molecule has 3 unspecified atom stereocenters. The van der Waals surface area contributed by atoms with Gasteiger partial charge in [0.2, 0.25) is 0 Å². The minimum atomic E-state index is -1.33. The highest BCUT2D eigenvalue weighted by molar-refractivity contribution is 9.10. The van der Waals surface area contributed by atoms with Crippen LogP contribution in [-0.4, -0.2) is 40.3 Å². The number of aromatic nitrogens is 1. The largest absolute Gasteiger partial charge is 0.482 e. The molecular weight excluding hydrogens is 661 g/mol. The number of fused-ring (bicyclic) bond motifs is 4. The Morgan fingerprint density at radius 1 is 1.20 bits per heavy atom. The quantitative estimate of drug-likeness (QED) is 0.292. The maximum atomic E-state index is 14.5. The lowest BCUT2D eigenvalue weighted by Crippen LogP contribution is -2.70. The first-order chi connectivity index (χ1) is 21.7. The van der Waals surface area contributed by atoms with E-state index in [9.17, 15) is 23.9 Å². The molecule has 3 heterocycles. The molecule has 0 spiro atoms. The van der Waals surface area contributed by atoms with E-state index in [0.717, 1.165) is 12.5 Å². The van der Waals surface area contributed by atoms with Gasteiger partial charge in [-0.1, -0.05) is 20.8 Å². The van der Waals surface area contributed by atoms with Crippen molar-refractivity contribution in [3.8, 4) is 17.1 Å². The van der Waals surface area contributed by atoms with E-state index in [4.69, 9.17) is 18.6 Å².